The minimum Gasteiger partial charge on any atom is -0.487 e. The molecule has 0 saturated carbocycles. The number of hydrogen-bond acceptors (Lipinski definition) is 7. The van der Waals surface area contributed by atoms with Crippen molar-refractivity contribution in [1.82, 2.24) is 5.32 Å². The van der Waals surface area contributed by atoms with Crippen LogP contribution < -0.4 is 10.1 Å². The maximum absolute atomic E-state index is 10.4. The number of ether oxygens (including phenoxy) is 1. The number of benzene rings is 1. The fourth-order valence-electron chi connectivity index (χ4n) is 2.68. The number of nitrogens with one attached hydrogen (secondary N) is 1. The van der Waals surface area contributed by atoms with Gasteiger partial charge in [-0.05, 0) is 55.2 Å². The Morgan fingerprint density at radius 2 is 2.22 bits per heavy atom. The topological polar surface area (TPSA) is 41.5 Å². The van der Waals surface area contributed by atoms with Gasteiger partial charge in [0.1, 0.15) is 18.0 Å². The number of aliphatic hydroxyl groups is 1. The smallest absolute Gasteiger partial charge is 0.126 e. The zero-order valence-electron chi connectivity index (χ0n) is 13.2. The minimum atomic E-state index is -0.515. The molecule has 3 atom stereocenters. The maximum Gasteiger partial charge on any atom is 0.126 e. The number of aryl methyl sites for hydroxylation is 2. The number of thiol groups is 3. The molecule has 0 aromatic heterocycles. The van der Waals surface area contributed by atoms with Crippen LogP contribution in [0.4, 0.5) is 0 Å². The molecule has 0 bridgehead atoms. The second-order valence-corrected chi connectivity index (χ2v) is 8.25. The fourth-order valence-corrected chi connectivity index (χ4v) is 4.44. The predicted molar refractivity (Wildman–Crippen MR) is 109 cm³/mol. The molecule has 7 heteroatoms. The average molecular weight is 392 g/mol. The Labute approximate surface area is 159 Å². The molecule has 0 saturated heterocycles. The van der Waals surface area contributed by atoms with E-state index < -0.39 is 6.10 Å². The van der Waals surface area contributed by atoms with Gasteiger partial charge >= 0.3 is 0 Å². The van der Waals surface area contributed by atoms with Crippen LogP contribution >= 0.6 is 47.7 Å². The average Bonchev–Trinajstić information content (AvgIpc) is 2.53. The number of hydrogen-bond donors (Lipinski definition) is 5. The highest BCUT2D eigenvalue weighted by atomic mass is 33.1. The summed E-state index contributed by atoms with van der Waals surface area (Å²) in [5, 5.41) is 13.9. The third-order valence-corrected chi connectivity index (χ3v) is 5.98. The molecular weight excluding hydrogens is 366 g/mol. The highest BCUT2D eigenvalue weighted by Gasteiger charge is 2.26. The van der Waals surface area contributed by atoms with Gasteiger partial charge in [0, 0.05) is 23.2 Å². The molecule has 1 aromatic carbocycles. The van der Waals surface area contributed by atoms with E-state index in [1.807, 2.05) is 0 Å². The molecule has 0 aliphatic carbocycles. The standard InChI is InChI=1S/C16H25NO2S4/c1-10-6-15-11(7-16(10)23-22)2-3-14(19-15)13(18)9-17-8-12(21)4-5-20/h6-7,12-14,17-18,20-22H,2-5,8-9H2,1H3. The van der Waals surface area contributed by atoms with Crippen LogP contribution in [0.25, 0.3) is 0 Å². The largest absolute Gasteiger partial charge is 0.487 e. The molecule has 2 rings (SSSR count). The van der Waals surface area contributed by atoms with E-state index in [-0.39, 0.29) is 11.4 Å². The summed E-state index contributed by atoms with van der Waals surface area (Å²) < 4.78 is 6.02. The van der Waals surface area contributed by atoms with Gasteiger partial charge in [-0.2, -0.15) is 25.3 Å². The molecule has 1 heterocycles. The normalized spacial score (nSPS) is 19.8. The summed E-state index contributed by atoms with van der Waals surface area (Å²) in [7, 11) is 1.46. The van der Waals surface area contributed by atoms with Gasteiger partial charge in [-0.1, -0.05) is 10.8 Å². The molecule has 3 unspecified atom stereocenters. The fraction of sp³-hybridized carbons (Fsp3) is 0.625. The molecule has 1 aliphatic rings. The van der Waals surface area contributed by atoms with Gasteiger partial charge < -0.3 is 15.2 Å². The van der Waals surface area contributed by atoms with E-state index >= 15 is 0 Å². The zero-order valence-corrected chi connectivity index (χ0v) is 16.7. The van der Waals surface area contributed by atoms with Crippen LogP contribution in [-0.4, -0.2) is 41.4 Å². The van der Waals surface area contributed by atoms with Gasteiger partial charge in [-0.3, -0.25) is 0 Å². The van der Waals surface area contributed by atoms with E-state index in [1.165, 1.54) is 21.3 Å². The van der Waals surface area contributed by atoms with Crippen molar-refractivity contribution in [2.75, 3.05) is 18.8 Å². The lowest BCUT2D eigenvalue weighted by atomic mass is 9.98. The third-order valence-electron chi connectivity index (χ3n) is 4.06. The molecular formula is C16H25NO2S4. The van der Waals surface area contributed by atoms with Gasteiger partial charge in [0.2, 0.25) is 0 Å². The van der Waals surface area contributed by atoms with Gasteiger partial charge in [0.25, 0.3) is 0 Å². The van der Waals surface area contributed by atoms with Crippen molar-refractivity contribution < 1.29 is 9.84 Å². The quantitative estimate of drug-likeness (QED) is 0.349. The second-order valence-electron chi connectivity index (χ2n) is 5.90. The summed E-state index contributed by atoms with van der Waals surface area (Å²) >= 11 is 13.0. The van der Waals surface area contributed by atoms with Crippen LogP contribution in [-0.2, 0) is 6.42 Å². The van der Waals surface area contributed by atoms with Crippen LogP contribution in [0.3, 0.4) is 0 Å². The van der Waals surface area contributed by atoms with Crippen molar-refractivity contribution in [2.24, 2.45) is 0 Å². The van der Waals surface area contributed by atoms with Gasteiger partial charge in [-0.15, -0.1) is 11.7 Å². The summed E-state index contributed by atoms with van der Waals surface area (Å²) in [5.74, 6) is 1.72. The molecule has 23 heavy (non-hydrogen) atoms. The van der Waals surface area contributed by atoms with Crippen molar-refractivity contribution >= 4 is 47.7 Å². The Bertz CT molecular complexity index is 515. The summed E-state index contributed by atoms with van der Waals surface area (Å²) in [5.41, 5.74) is 2.36. The summed E-state index contributed by atoms with van der Waals surface area (Å²) in [4.78, 5) is 1.17. The Balaban J connectivity index is 1.87. The monoisotopic (exact) mass is 391 g/mol. The van der Waals surface area contributed by atoms with E-state index in [0.717, 1.165) is 42.9 Å². The van der Waals surface area contributed by atoms with Crippen LogP contribution in [0.15, 0.2) is 17.0 Å². The number of rotatable bonds is 8. The van der Waals surface area contributed by atoms with Crippen LogP contribution in [0.1, 0.15) is 24.0 Å². The minimum absolute atomic E-state index is 0.160. The van der Waals surface area contributed by atoms with Crippen molar-refractivity contribution in [1.29, 1.82) is 0 Å². The van der Waals surface area contributed by atoms with Crippen molar-refractivity contribution in [3.8, 4) is 5.75 Å². The van der Waals surface area contributed by atoms with E-state index in [9.17, 15) is 5.11 Å². The lowest BCUT2D eigenvalue weighted by molar-refractivity contribution is 0.0246. The molecule has 130 valence electrons. The summed E-state index contributed by atoms with van der Waals surface area (Å²) in [6, 6.07) is 4.20. The lowest BCUT2D eigenvalue weighted by Crippen LogP contribution is -2.42. The van der Waals surface area contributed by atoms with Crippen molar-refractivity contribution in [3.05, 3.63) is 23.3 Å². The van der Waals surface area contributed by atoms with E-state index in [1.54, 1.807) is 0 Å². The van der Waals surface area contributed by atoms with E-state index in [2.05, 4.69) is 61.3 Å². The Morgan fingerprint density at radius 3 is 2.91 bits per heavy atom. The van der Waals surface area contributed by atoms with Crippen LogP contribution in [0.2, 0.25) is 0 Å². The molecule has 0 spiro atoms. The van der Waals surface area contributed by atoms with Crippen molar-refractivity contribution in [3.63, 3.8) is 0 Å². The van der Waals surface area contributed by atoms with E-state index in [4.69, 9.17) is 4.74 Å². The molecule has 1 aromatic rings. The van der Waals surface area contributed by atoms with Crippen LogP contribution in [0, 0.1) is 6.92 Å². The third kappa shape index (κ3) is 5.68. The first-order chi connectivity index (χ1) is 11.0. The van der Waals surface area contributed by atoms with Gasteiger partial charge in [-0.25, -0.2) is 0 Å². The first-order valence-electron chi connectivity index (χ1n) is 7.84. The highest BCUT2D eigenvalue weighted by molar-refractivity contribution is 8.68. The number of aliphatic hydroxyl groups excluding tert-OH is 1. The molecule has 1 aliphatic heterocycles. The molecule has 0 radical (unpaired) electrons. The van der Waals surface area contributed by atoms with E-state index in [0.29, 0.717) is 6.54 Å². The highest BCUT2D eigenvalue weighted by Crippen LogP contribution is 2.35. The first kappa shape index (κ1) is 19.7. The Kier molecular flexibility index (Phi) is 8.32. The zero-order chi connectivity index (χ0) is 16.8. The molecule has 2 N–H and O–H groups in total. The number of fused-ring (bicyclic) bond motifs is 1. The molecule has 0 fully saturated rings. The van der Waals surface area contributed by atoms with Crippen molar-refractivity contribution in [2.45, 2.75) is 48.5 Å². The summed E-state index contributed by atoms with van der Waals surface area (Å²) in [6.45, 7) is 3.34. The molecule has 3 nitrogen and oxygen atoms in total. The SMILES string of the molecule is Cc1cc2c(cc1SS)CCC(C(O)CNCC(S)CCS)O2. The first-order valence-corrected chi connectivity index (χ1v) is 10.9. The lowest BCUT2D eigenvalue weighted by Gasteiger charge is -2.30. The van der Waals surface area contributed by atoms with Crippen LogP contribution in [0.5, 0.6) is 5.75 Å². The van der Waals surface area contributed by atoms with Gasteiger partial charge in [0.05, 0.1) is 0 Å². The maximum atomic E-state index is 10.4. The Hall–Kier alpha value is 0.340. The summed E-state index contributed by atoms with van der Waals surface area (Å²) in [6.07, 6.45) is 2.03. The second kappa shape index (κ2) is 9.73. The predicted octanol–water partition coefficient (Wildman–Crippen LogP) is 3.19. The molecule has 0 amide bonds. The van der Waals surface area contributed by atoms with Gasteiger partial charge in [0.15, 0.2) is 0 Å². The Morgan fingerprint density at radius 1 is 1.43 bits per heavy atom.